The minimum Gasteiger partial charge on any atom is -0.426 e. The third kappa shape index (κ3) is 5.05. The first kappa shape index (κ1) is 21.3. The van der Waals surface area contributed by atoms with E-state index in [1.165, 1.54) is 0 Å². The molecule has 0 fully saturated rings. The van der Waals surface area contributed by atoms with Gasteiger partial charge in [-0.2, -0.15) is 0 Å². The molecule has 0 spiro atoms. The number of benzene rings is 3. The third-order valence-electron chi connectivity index (χ3n) is 4.86. The van der Waals surface area contributed by atoms with Gasteiger partial charge in [0.15, 0.2) is 5.78 Å². The summed E-state index contributed by atoms with van der Waals surface area (Å²) in [5.41, 5.74) is 2.94. The van der Waals surface area contributed by atoms with E-state index in [0.29, 0.717) is 16.9 Å². The highest BCUT2D eigenvalue weighted by Gasteiger charge is 2.19. The van der Waals surface area contributed by atoms with Crippen molar-refractivity contribution in [2.24, 2.45) is 0 Å². The van der Waals surface area contributed by atoms with Crippen molar-refractivity contribution < 1.29 is 14.3 Å². The zero-order valence-electron chi connectivity index (χ0n) is 16.6. The number of hydrogen-bond donors (Lipinski definition) is 0. The maximum atomic E-state index is 12.7. The maximum absolute atomic E-state index is 12.7. The number of esters is 1. The van der Waals surface area contributed by atoms with Gasteiger partial charge in [-0.05, 0) is 54.4 Å². The summed E-state index contributed by atoms with van der Waals surface area (Å²) >= 11 is 5.18. The predicted octanol–water partition coefficient (Wildman–Crippen LogP) is 7.15. The average Bonchev–Trinajstić information content (AvgIpc) is 3.25. The van der Waals surface area contributed by atoms with E-state index in [-0.39, 0.29) is 11.8 Å². The molecule has 0 amide bonds. The van der Waals surface area contributed by atoms with Crippen molar-refractivity contribution in [3.8, 4) is 16.2 Å². The largest absolute Gasteiger partial charge is 0.426 e. The highest BCUT2D eigenvalue weighted by Crippen LogP contribution is 2.31. The molecule has 0 aliphatic rings. The monoisotopic (exact) mass is 462 g/mol. The van der Waals surface area contributed by atoms with Crippen molar-refractivity contribution in [3.63, 3.8) is 0 Å². The van der Waals surface area contributed by atoms with Gasteiger partial charge in [-0.15, -0.1) is 0 Å². The fourth-order valence-electron chi connectivity index (χ4n) is 3.11. The molecule has 154 valence electrons. The van der Waals surface area contributed by atoms with Gasteiger partial charge in [0.25, 0.3) is 0 Å². The quantitative estimate of drug-likeness (QED) is 0.100. The molecule has 1 atom stereocenters. The van der Waals surface area contributed by atoms with Crippen molar-refractivity contribution in [2.45, 2.75) is 12.8 Å². The highest BCUT2D eigenvalue weighted by atomic mass is 32.9. The Morgan fingerprint density at radius 2 is 1.55 bits per heavy atom. The van der Waals surface area contributed by atoms with Crippen molar-refractivity contribution >= 4 is 44.7 Å². The summed E-state index contributed by atoms with van der Waals surface area (Å²) in [6.07, 6.45) is 0. The van der Waals surface area contributed by atoms with Crippen molar-refractivity contribution in [2.75, 3.05) is 0 Å². The van der Waals surface area contributed by atoms with Crippen LogP contribution in [-0.4, -0.2) is 11.8 Å². The van der Waals surface area contributed by atoms with Crippen LogP contribution in [0, 0.1) is 3.82 Å². The molecule has 0 aliphatic carbocycles. The summed E-state index contributed by atoms with van der Waals surface area (Å²) in [4.78, 5) is 26.5. The van der Waals surface area contributed by atoms with Gasteiger partial charge in [0, 0.05) is 16.0 Å². The van der Waals surface area contributed by atoms with E-state index < -0.39 is 5.92 Å². The van der Waals surface area contributed by atoms with Gasteiger partial charge in [-0.3, -0.25) is 9.59 Å². The molecule has 1 unspecified atom stereocenters. The third-order valence-corrected chi connectivity index (χ3v) is 7.77. The predicted molar refractivity (Wildman–Crippen MR) is 129 cm³/mol. The Kier molecular flexibility index (Phi) is 6.51. The number of carbonyl (C=O) groups is 2. The summed E-state index contributed by atoms with van der Waals surface area (Å²) in [6, 6.07) is 25.6. The SMILES string of the molecule is CC(C(=O)Oc1ccc(-c2cc(=S)ss2)cc1)c1cccc(C(=O)c2ccccc2)c1. The fourth-order valence-corrected chi connectivity index (χ4v) is 5.51. The number of ether oxygens (including phenoxy) is 1. The lowest BCUT2D eigenvalue weighted by Crippen LogP contribution is -2.16. The molecule has 0 saturated heterocycles. The Balaban J connectivity index is 1.47. The van der Waals surface area contributed by atoms with Crippen LogP contribution in [0.15, 0.2) is 84.9 Å². The van der Waals surface area contributed by atoms with E-state index in [4.69, 9.17) is 17.0 Å². The first-order valence-electron chi connectivity index (χ1n) is 9.63. The van der Waals surface area contributed by atoms with Gasteiger partial charge in [0.05, 0.1) is 5.92 Å². The zero-order chi connectivity index (χ0) is 21.8. The second kappa shape index (κ2) is 9.47. The lowest BCUT2D eigenvalue weighted by molar-refractivity contribution is -0.135. The smallest absolute Gasteiger partial charge is 0.318 e. The Morgan fingerprint density at radius 1 is 0.839 bits per heavy atom. The molecule has 1 heterocycles. The molecule has 4 rings (SSSR count). The molecule has 1 aromatic heterocycles. The average molecular weight is 463 g/mol. The lowest BCUT2D eigenvalue weighted by Gasteiger charge is -2.13. The van der Waals surface area contributed by atoms with Crippen molar-refractivity contribution in [3.05, 3.63) is 105 Å². The summed E-state index contributed by atoms with van der Waals surface area (Å²) in [5.74, 6) is -0.473. The van der Waals surface area contributed by atoms with Crippen LogP contribution in [-0.2, 0) is 4.79 Å². The highest BCUT2D eigenvalue weighted by molar-refractivity contribution is 7.80. The number of hydrogen-bond acceptors (Lipinski definition) is 6. The maximum Gasteiger partial charge on any atom is 0.318 e. The van der Waals surface area contributed by atoms with Gasteiger partial charge >= 0.3 is 5.97 Å². The molecule has 0 aliphatic heterocycles. The standard InChI is InChI=1S/C25H18O3S3/c1-16(19-8-5-9-20(14-19)24(26)18-6-3-2-4-7-18)25(27)28-21-12-10-17(11-13-21)22-15-23(29)31-30-22/h2-16H,1H3. The van der Waals surface area contributed by atoms with Gasteiger partial charge in [0.1, 0.15) is 9.57 Å². The van der Waals surface area contributed by atoms with E-state index in [2.05, 4.69) is 0 Å². The van der Waals surface area contributed by atoms with Crippen LogP contribution in [0.25, 0.3) is 10.4 Å². The van der Waals surface area contributed by atoms with Crippen LogP contribution >= 0.6 is 32.9 Å². The summed E-state index contributed by atoms with van der Waals surface area (Å²) in [7, 11) is 3.19. The molecule has 0 radical (unpaired) electrons. The molecule has 6 heteroatoms. The molecule has 4 aromatic rings. The van der Waals surface area contributed by atoms with Crippen LogP contribution in [0.4, 0.5) is 0 Å². The van der Waals surface area contributed by atoms with E-state index in [1.54, 1.807) is 70.1 Å². The van der Waals surface area contributed by atoms with Crippen molar-refractivity contribution in [1.29, 1.82) is 0 Å². The molecule has 31 heavy (non-hydrogen) atoms. The van der Waals surface area contributed by atoms with Crippen LogP contribution in [0.3, 0.4) is 0 Å². The second-order valence-electron chi connectivity index (χ2n) is 6.98. The first-order valence-corrected chi connectivity index (χ1v) is 12.2. The summed E-state index contributed by atoms with van der Waals surface area (Å²) in [6.45, 7) is 1.78. The topological polar surface area (TPSA) is 43.4 Å². The first-order chi connectivity index (χ1) is 15.0. The van der Waals surface area contributed by atoms with Gasteiger partial charge < -0.3 is 4.74 Å². The molecular formula is C25H18O3S3. The van der Waals surface area contributed by atoms with E-state index in [1.807, 2.05) is 42.5 Å². The van der Waals surface area contributed by atoms with Crippen LogP contribution < -0.4 is 4.74 Å². The summed E-state index contributed by atoms with van der Waals surface area (Å²) in [5, 5.41) is 0. The van der Waals surface area contributed by atoms with Gasteiger partial charge in [-0.1, -0.05) is 81.4 Å². The Morgan fingerprint density at radius 3 is 2.23 bits per heavy atom. The lowest BCUT2D eigenvalue weighted by atomic mass is 9.96. The molecule has 3 nitrogen and oxygen atoms in total. The molecular weight excluding hydrogens is 444 g/mol. The van der Waals surface area contributed by atoms with E-state index in [9.17, 15) is 9.59 Å². The Labute approximate surface area is 193 Å². The van der Waals surface area contributed by atoms with E-state index in [0.717, 1.165) is 19.8 Å². The Bertz CT molecular complexity index is 1270. The molecule has 0 saturated carbocycles. The molecule has 3 aromatic carbocycles. The van der Waals surface area contributed by atoms with Crippen LogP contribution in [0.1, 0.15) is 34.3 Å². The number of carbonyl (C=O) groups excluding carboxylic acids is 2. The van der Waals surface area contributed by atoms with Crippen molar-refractivity contribution in [1.82, 2.24) is 0 Å². The normalized spacial score (nSPS) is 11.6. The van der Waals surface area contributed by atoms with Crippen LogP contribution in [0.2, 0.25) is 0 Å². The number of ketones is 1. The number of rotatable bonds is 6. The second-order valence-corrected chi connectivity index (χ2v) is 9.89. The molecule has 0 N–H and O–H groups in total. The van der Waals surface area contributed by atoms with Crippen LogP contribution in [0.5, 0.6) is 5.75 Å². The minimum absolute atomic E-state index is 0.0738. The molecule has 0 bridgehead atoms. The van der Waals surface area contributed by atoms with E-state index >= 15 is 0 Å². The minimum atomic E-state index is -0.509. The summed E-state index contributed by atoms with van der Waals surface area (Å²) < 4.78 is 6.43. The Hall–Kier alpha value is -2.93. The zero-order valence-corrected chi connectivity index (χ0v) is 19.1. The van der Waals surface area contributed by atoms with Gasteiger partial charge in [0.2, 0.25) is 0 Å². The fraction of sp³-hybridized carbons (Fsp3) is 0.0800. The van der Waals surface area contributed by atoms with Gasteiger partial charge in [-0.25, -0.2) is 0 Å².